The van der Waals surface area contributed by atoms with Crippen LogP contribution in [0.15, 0.2) is 24.3 Å². The average molecular weight is 284 g/mol. The number of para-hydroxylation sites is 1. The molecular weight excluding hydrogens is 264 g/mol. The minimum absolute atomic E-state index is 0.0836. The Morgan fingerprint density at radius 1 is 1.24 bits per heavy atom. The van der Waals surface area contributed by atoms with Crippen LogP contribution in [-0.4, -0.2) is 19.6 Å². The summed E-state index contributed by atoms with van der Waals surface area (Å²) in [6, 6.07) is 8.00. The Balaban J connectivity index is 2.45. The lowest BCUT2D eigenvalue weighted by Gasteiger charge is -2.12. The summed E-state index contributed by atoms with van der Waals surface area (Å²) in [6.45, 7) is 5.37. The molecule has 2 heterocycles. The van der Waals surface area contributed by atoms with Crippen LogP contribution < -0.4 is 5.73 Å². The van der Waals surface area contributed by atoms with Crippen molar-refractivity contribution in [3.8, 4) is 0 Å². The highest BCUT2D eigenvalue weighted by molar-refractivity contribution is 6.03. The number of aliphatic hydroxyl groups excluding tert-OH is 1. The molecule has 5 nitrogen and oxygen atoms in total. The van der Waals surface area contributed by atoms with Crippen LogP contribution in [0.4, 0.5) is 0 Å². The molecule has 0 spiro atoms. The van der Waals surface area contributed by atoms with Gasteiger partial charge in [-0.25, -0.2) is 9.97 Å². The van der Waals surface area contributed by atoms with Gasteiger partial charge in [0.15, 0.2) is 0 Å². The summed E-state index contributed by atoms with van der Waals surface area (Å²) in [5.41, 5.74) is 9.36. The Kier molecular flexibility index (Phi) is 3.61. The molecule has 0 amide bonds. The normalized spacial score (nSPS) is 11.9. The van der Waals surface area contributed by atoms with E-state index >= 15 is 0 Å². The minimum Gasteiger partial charge on any atom is -0.388 e. The van der Waals surface area contributed by atoms with Crippen LogP contribution in [0.2, 0.25) is 0 Å². The summed E-state index contributed by atoms with van der Waals surface area (Å²) in [6.07, 6.45) is 0. The van der Waals surface area contributed by atoms with Crippen LogP contribution in [0, 0.1) is 5.92 Å². The molecule has 3 N–H and O–H groups in total. The molecule has 3 aromatic rings. The first-order chi connectivity index (χ1) is 10.2. The second-order valence-electron chi connectivity index (χ2n) is 5.67. The molecule has 0 unspecified atom stereocenters. The number of imidazole rings is 1. The molecule has 0 atom stereocenters. The fourth-order valence-corrected chi connectivity index (χ4v) is 2.77. The third kappa shape index (κ3) is 2.28. The summed E-state index contributed by atoms with van der Waals surface area (Å²) >= 11 is 0. The van der Waals surface area contributed by atoms with E-state index in [9.17, 15) is 5.11 Å². The van der Waals surface area contributed by atoms with Crippen LogP contribution in [0.1, 0.15) is 25.4 Å². The van der Waals surface area contributed by atoms with Crippen molar-refractivity contribution in [3.63, 3.8) is 0 Å². The van der Waals surface area contributed by atoms with E-state index in [2.05, 4.69) is 28.4 Å². The highest BCUT2D eigenvalue weighted by Crippen LogP contribution is 2.28. The lowest BCUT2D eigenvalue weighted by molar-refractivity contribution is 0.264. The van der Waals surface area contributed by atoms with E-state index in [0.29, 0.717) is 18.3 Å². The van der Waals surface area contributed by atoms with Crippen LogP contribution in [-0.2, 0) is 19.7 Å². The summed E-state index contributed by atoms with van der Waals surface area (Å²) < 4.78 is 2.10. The van der Waals surface area contributed by atoms with Crippen LogP contribution in [0.25, 0.3) is 21.9 Å². The lowest BCUT2D eigenvalue weighted by atomic mass is 10.1. The van der Waals surface area contributed by atoms with Crippen molar-refractivity contribution < 1.29 is 5.11 Å². The van der Waals surface area contributed by atoms with Gasteiger partial charge in [-0.1, -0.05) is 32.0 Å². The molecule has 1 aromatic carbocycles. The van der Waals surface area contributed by atoms with Crippen LogP contribution in [0.5, 0.6) is 0 Å². The fraction of sp³-hybridized carbons (Fsp3) is 0.375. The third-order valence-electron chi connectivity index (χ3n) is 3.62. The third-order valence-corrected chi connectivity index (χ3v) is 3.62. The van der Waals surface area contributed by atoms with Crippen LogP contribution in [0.3, 0.4) is 0 Å². The highest BCUT2D eigenvalue weighted by atomic mass is 16.3. The van der Waals surface area contributed by atoms with Gasteiger partial charge in [0.1, 0.15) is 17.9 Å². The van der Waals surface area contributed by atoms with Crippen molar-refractivity contribution in [2.45, 2.75) is 33.5 Å². The number of aliphatic hydroxyl groups is 1. The molecule has 0 aliphatic carbocycles. The summed E-state index contributed by atoms with van der Waals surface area (Å²) in [7, 11) is 0. The van der Waals surface area contributed by atoms with Gasteiger partial charge < -0.3 is 15.4 Å². The number of rotatable bonds is 4. The van der Waals surface area contributed by atoms with Gasteiger partial charge in [-0.3, -0.25) is 0 Å². The number of pyridine rings is 1. The summed E-state index contributed by atoms with van der Waals surface area (Å²) in [5.74, 6) is 1.13. The molecule has 110 valence electrons. The van der Waals surface area contributed by atoms with E-state index < -0.39 is 0 Å². The number of hydrogen-bond acceptors (Lipinski definition) is 4. The van der Waals surface area contributed by atoms with Gasteiger partial charge in [-0.05, 0) is 12.0 Å². The molecule has 0 saturated carbocycles. The van der Waals surface area contributed by atoms with Gasteiger partial charge in [-0.2, -0.15) is 0 Å². The molecule has 0 aliphatic heterocycles. The molecule has 5 heteroatoms. The zero-order valence-electron chi connectivity index (χ0n) is 12.4. The van der Waals surface area contributed by atoms with Gasteiger partial charge in [0.05, 0.1) is 16.7 Å². The largest absolute Gasteiger partial charge is 0.388 e. The number of benzene rings is 1. The van der Waals surface area contributed by atoms with Crippen molar-refractivity contribution in [1.82, 2.24) is 14.5 Å². The molecule has 2 aromatic heterocycles. The van der Waals surface area contributed by atoms with Crippen molar-refractivity contribution >= 4 is 21.9 Å². The zero-order valence-corrected chi connectivity index (χ0v) is 12.4. The molecule has 3 rings (SSSR count). The smallest absolute Gasteiger partial charge is 0.135 e. The molecular formula is C16H20N4O. The summed E-state index contributed by atoms with van der Waals surface area (Å²) in [4.78, 5) is 9.18. The standard InChI is InChI=1S/C16H20N4O/c1-10(2)8-20-14(9-21)19-15-13(7-17)18-12-6-4-3-5-11(12)16(15)20/h3-6,10,21H,7-9,17H2,1-2H3. The average Bonchev–Trinajstić information content (AvgIpc) is 2.84. The van der Waals surface area contributed by atoms with Crippen molar-refractivity contribution in [1.29, 1.82) is 0 Å². The Bertz CT molecular complexity index is 792. The SMILES string of the molecule is CC(C)Cn1c(CO)nc2c(CN)nc3ccccc3c21. The molecule has 0 bridgehead atoms. The maximum Gasteiger partial charge on any atom is 0.135 e. The molecule has 0 aliphatic rings. The Morgan fingerprint density at radius 3 is 2.67 bits per heavy atom. The van der Waals surface area contributed by atoms with E-state index in [0.717, 1.165) is 34.2 Å². The first-order valence-electron chi connectivity index (χ1n) is 7.23. The monoisotopic (exact) mass is 284 g/mol. The first-order valence-corrected chi connectivity index (χ1v) is 7.23. The predicted octanol–water partition coefficient (Wildman–Crippen LogP) is 2.19. The number of hydrogen-bond donors (Lipinski definition) is 2. The predicted molar refractivity (Wildman–Crippen MR) is 83.7 cm³/mol. The number of aromatic nitrogens is 3. The molecule has 21 heavy (non-hydrogen) atoms. The van der Waals surface area contributed by atoms with Crippen molar-refractivity contribution in [2.24, 2.45) is 11.7 Å². The maximum atomic E-state index is 9.63. The van der Waals surface area contributed by atoms with E-state index in [1.54, 1.807) is 0 Å². The van der Waals surface area contributed by atoms with E-state index in [-0.39, 0.29) is 6.61 Å². The molecule has 0 radical (unpaired) electrons. The van der Waals surface area contributed by atoms with Crippen molar-refractivity contribution in [3.05, 3.63) is 35.8 Å². The topological polar surface area (TPSA) is 77.0 Å². The van der Waals surface area contributed by atoms with Crippen LogP contribution >= 0.6 is 0 Å². The highest BCUT2D eigenvalue weighted by Gasteiger charge is 2.17. The van der Waals surface area contributed by atoms with Gasteiger partial charge in [-0.15, -0.1) is 0 Å². The van der Waals surface area contributed by atoms with Gasteiger partial charge in [0.25, 0.3) is 0 Å². The minimum atomic E-state index is -0.0836. The quantitative estimate of drug-likeness (QED) is 0.770. The number of nitrogens with two attached hydrogens (primary N) is 1. The maximum absolute atomic E-state index is 9.63. The zero-order chi connectivity index (χ0) is 15.0. The van der Waals surface area contributed by atoms with Crippen molar-refractivity contribution in [2.75, 3.05) is 0 Å². The van der Waals surface area contributed by atoms with Gasteiger partial charge in [0.2, 0.25) is 0 Å². The Hall–Kier alpha value is -1.98. The second-order valence-corrected chi connectivity index (χ2v) is 5.67. The Labute approximate surface area is 123 Å². The van der Waals surface area contributed by atoms with E-state index in [1.165, 1.54) is 0 Å². The summed E-state index contributed by atoms with van der Waals surface area (Å²) in [5, 5.41) is 10.7. The second kappa shape index (κ2) is 5.42. The lowest BCUT2D eigenvalue weighted by Crippen LogP contribution is -2.09. The molecule has 0 saturated heterocycles. The fourth-order valence-electron chi connectivity index (χ4n) is 2.77. The Morgan fingerprint density at radius 2 is 2.00 bits per heavy atom. The molecule has 0 fully saturated rings. The van der Waals surface area contributed by atoms with Gasteiger partial charge >= 0.3 is 0 Å². The van der Waals surface area contributed by atoms with E-state index in [1.807, 2.05) is 24.3 Å². The number of nitrogens with zero attached hydrogens (tertiary/aromatic N) is 3. The first kappa shape index (κ1) is 14.0. The number of fused-ring (bicyclic) bond motifs is 3. The van der Waals surface area contributed by atoms with Gasteiger partial charge in [0, 0.05) is 18.5 Å². The van der Waals surface area contributed by atoms with E-state index in [4.69, 9.17) is 5.73 Å².